The van der Waals surface area contributed by atoms with E-state index in [4.69, 9.17) is 21.3 Å². The molecule has 24 heavy (non-hydrogen) atoms. The second kappa shape index (κ2) is 6.16. The fraction of sp³-hybridized carbons (Fsp3) is 0.286. The Morgan fingerprint density at radius 2 is 2.17 bits per heavy atom. The summed E-state index contributed by atoms with van der Waals surface area (Å²) in [4.78, 5) is 24.2. The summed E-state index contributed by atoms with van der Waals surface area (Å²) < 4.78 is 7.32. The smallest absolute Gasteiger partial charge is 0.284 e. The number of aliphatic hydroxyl groups excluding tert-OH is 1. The molecule has 0 fully saturated rings. The molecule has 2 aliphatic heterocycles. The van der Waals surface area contributed by atoms with E-state index >= 15 is 0 Å². The number of nitrogens with two attached hydrogens (primary N) is 2. The van der Waals surface area contributed by atoms with E-state index in [1.807, 2.05) is 18.2 Å². The molecule has 0 aliphatic carbocycles. The van der Waals surface area contributed by atoms with Crippen LogP contribution in [0, 0.1) is 0 Å². The monoisotopic (exact) mass is 331 g/mol. The van der Waals surface area contributed by atoms with Gasteiger partial charge in [0.1, 0.15) is 11.9 Å². The number of aliphatic hydroxyl groups is 1. The number of carbonyl (C=O) groups is 1. The molecule has 0 saturated heterocycles. The number of ether oxygens (including phenoxy) is 1. The summed E-state index contributed by atoms with van der Waals surface area (Å²) in [7, 11) is 1.00. The van der Waals surface area contributed by atoms with Crippen molar-refractivity contribution < 1.29 is 14.6 Å². The highest BCUT2D eigenvalue weighted by Gasteiger charge is 2.45. The first-order valence-electron chi connectivity index (χ1n) is 7.14. The quantitative estimate of drug-likeness (QED) is 0.571. The molecule has 0 aromatic carbocycles. The lowest BCUT2D eigenvalue weighted by atomic mass is 10.0. The number of nitrogens with zero attached hydrogens (tertiary/aromatic N) is 4. The fourth-order valence-corrected chi connectivity index (χ4v) is 2.81. The molecule has 0 unspecified atom stereocenters. The van der Waals surface area contributed by atoms with Gasteiger partial charge in [-0.3, -0.25) is 14.3 Å². The number of pyridine rings is 1. The molecule has 0 saturated carbocycles. The number of aromatic nitrogens is 3. The van der Waals surface area contributed by atoms with Crippen LogP contribution in [0.2, 0.25) is 0 Å². The zero-order chi connectivity index (χ0) is 17.3. The maximum Gasteiger partial charge on any atom is 0.284 e. The Hall–Kier alpha value is -3.14. The lowest BCUT2D eigenvalue weighted by molar-refractivity contribution is 0.0994. The molecule has 3 atom stereocenters. The van der Waals surface area contributed by atoms with E-state index in [2.05, 4.69) is 20.3 Å². The molecule has 2 aliphatic rings. The number of carbonyl (C=O) groups excluding carboxylic acids is 1. The van der Waals surface area contributed by atoms with Crippen LogP contribution in [0.1, 0.15) is 28.4 Å². The number of rotatable bonds is 2. The van der Waals surface area contributed by atoms with Crippen LogP contribution in [-0.2, 0) is 4.74 Å². The number of amidine groups is 1. The van der Waals surface area contributed by atoms with Gasteiger partial charge >= 0.3 is 0 Å². The van der Waals surface area contributed by atoms with Gasteiger partial charge < -0.3 is 26.6 Å². The molecular formula is C14H17N7O3. The van der Waals surface area contributed by atoms with Crippen LogP contribution < -0.4 is 16.8 Å². The molecule has 4 heterocycles. The van der Waals surface area contributed by atoms with Crippen molar-refractivity contribution in [2.45, 2.75) is 18.3 Å². The molecule has 0 bridgehead atoms. The van der Waals surface area contributed by atoms with E-state index < -0.39 is 12.1 Å². The fourth-order valence-electron chi connectivity index (χ4n) is 2.81. The molecular weight excluding hydrogens is 314 g/mol. The van der Waals surface area contributed by atoms with Gasteiger partial charge in [-0.2, -0.15) is 0 Å². The number of hydrogen-bond acceptors (Lipinski definition) is 8. The minimum atomic E-state index is -0.615. The predicted octanol–water partition coefficient (Wildman–Crippen LogP) is -0.636. The number of anilines is 1. The highest BCUT2D eigenvalue weighted by atomic mass is 16.5. The Morgan fingerprint density at radius 3 is 2.83 bits per heavy atom. The third-order valence-corrected chi connectivity index (χ3v) is 3.75. The first-order chi connectivity index (χ1) is 11.6. The number of hydrogen-bond donors (Lipinski definition) is 4. The minimum Gasteiger partial charge on any atom is -0.455 e. The summed E-state index contributed by atoms with van der Waals surface area (Å²) in [5.74, 6) is -0.123. The number of imidazole rings is 1. The van der Waals surface area contributed by atoms with Gasteiger partial charge in [0.2, 0.25) is 0 Å². The van der Waals surface area contributed by atoms with Crippen LogP contribution >= 0.6 is 0 Å². The van der Waals surface area contributed by atoms with Crippen molar-refractivity contribution in [2.75, 3.05) is 12.4 Å². The third kappa shape index (κ3) is 2.42. The number of aliphatic imine (C=N–C) groups is 1. The van der Waals surface area contributed by atoms with E-state index in [1.54, 1.807) is 10.8 Å². The normalized spacial score (nSPS) is 23.6. The molecule has 4 rings (SSSR count). The van der Waals surface area contributed by atoms with Gasteiger partial charge in [0, 0.05) is 13.3 Å². The molecule has 0 spiro atoms. The van der Waals surface area contributed by atoms with Crippen LogP contribution in [0.5, 0.6) is 0 Å². The first kappa shape index (κ1) is 15.7. The van der Waals surface area contributed by atoms with E-state index in [0.29, 0.717) is 5.82 Å². The lowest BCUT2D eigenvalue weighted by Gasteiger charge is -2.34. The lowest BCUT2D eigenvalue weighted by Crippen LogP contribution is -2.39. The maximum absolute atomic E-state index is 11.5. The number of primary amides is 1. The predicted molar refractivity (Wildman–Crippen MR) is 85.0 cm³/mol. The first-order valence-corrected chi connectivity index (χ1v) is 7.14. The Labute approximate surface area is 137 Å². The number of amides is 1. The summed E-state index contributed by atoms with van der Waals surface area (Å²) in [6.07, 6.45) is 2.40. The Morgan fingerprint density at radius 1 is 1.38 bits per heavy atom. The van der Waals surface area contributed by atoms with Crippen molar-refractivity contribution in [3.63, 3.8) is 0 Å². The van der Waals surface area contributed by atoms with Gasteiger partial charge in [0.05, 0.1) is 12.0 Å². The van der Waals surface area contributed by atoms with E-state index in [9.17, 15) is 4.79 Å². The van der Waals surface area contributed by atoms with Gasteiger partial charge in [-0.15, -0.1) is 0 Å². The number of fused-ring (bicyclic) bond motifs is 3. The third-order valence-electron chi connectivity index (χ3n) is 3.75. The van der Waals surface area contributed by atoms with E-state index in [1.165, 1.54) is 6.33 Å². The van der Waals surface area contributed by atoms with Crippen molar-refractivity contribution >= 4 is 17.7 Å². The second-order valence-electron chi connectivity index (χ2n) is 5.05. The second-order valence-corrected chi connectivity index (χ2v) is 5.05. The van der Waals surface area contributed by atoms with Crippen molar-refractivity contribution in [1.82, 2.24) is 14.5 Å². The summed E-state index contributed by atoms with van der Waals surface area (Å²) >= 11 is 0. The highest BCUT2D eigenvalue weighted by Crippen LogP contribution is 2.41. The number of nitrogens with one attached hydrogen (secondary N) is 1. The van der Waals surface area contributed by atoms with Gasteiger partial charge in [-0.25, -0.2) is 9.98 Å². The van der Waals surface area contributed by atoms with Crippen molar-refractivity contribution in [2.24, 2.45) is 16.5 Å². The zero-order valence-corrected chi connectivity index (χ0v) is 12.8. The van der Waals surface area contributed by atoms with Crippen LogP contribution in [0.4, 0.5) is 5.82 Å². The Balaban J connectivity index is 0.000000815. The van der Waals surface area contributed by atoms with Crippen LogP contribution in [0.15, 0.2) is 35.7 Å². The SMILES string of the molecule is CO.NC(=O)c1ncn2c1N[C@H](c1ccccn1)[C@H]1OC(N)=N[C@H]12. The topological polar surface area (TPSA) is 154 Å². The van der Waals surface area contributed by atoms with Crippen molar-refractivity contribution in [1.29, 1.82) is 0 Å². The minimum absolute atomic E-state index is 0.0971. The van der Waals surface area contributed by atoms with E-state index in [-0.39, 0.29) is 23.9 Å². The molecule has 126 valence electrons. The van der Waals surface area contributed by atoms with Crippen molar-refractivity contribution in [3.8, 4) is 0 Å². The Kier molecular flexibility index (Phi) is 4.04. The van der Waals surface area contributed by atoms with Gasteiger partial charge in [0.15, 0.2) is 18.0 Å². The average Bonchev–Trinajstić information content (AvgIpc) is 3.19. The molecule has 10 nitrogen and oxygen atoms in total. The standard InChI is InChI=1S/C13H13N7O2.CH4O/c14-10(21)8-11-18-7(6-3-1-2-4-16-6)9-12(19-13(15)22-9)20(11)5-17-8;1-2/h1-5,7,9,12,18H,(H2,14,21)(H2,15,19);2H,1H3/t7-,9-,12+;/m1./s1. The largest absolute Gasteiger partial charge is 0.455 e. The molecule has 2 aromatic rings. The van der Waals surface area contributed by atoms with Crippen LogP contribution in [-0.4, -0.2) is 44.8 Å². The molecule has 1 amide bonds. The summed E-state index contributed by atoms with van der Waals surface area (Å²) in [6.45, 7) is 0. The highest BCUT2D eigenvalue weighted by molar-refractivity contribution is 5.96. The van der Waals surface area contributed by atoms with Gasteiger partial charge in [-0.05, 0) is 12.1 Å². The van der Waals surface area contributed by atoms with Gasteiger partial charge in [0.25, 0.3) is 11.9 Å². The van der Waals surface area contributed by atoms with Crippen LogP contribution in [0.25, 0.3) is 0 Å². The molecule has 10 heteroatoms. The van der Waals surface area contributed by atoms with Gasteiger partial charge in [-0.1, -0.05) is 6.07 Å². The molecule has 2 aromatic heterocycles. The summed E-state index contributed by atoms with van der Waals surface area (Å²) in [5.41, 5.74) is 12.0. The Bertz CT molecular complexity index is 774. The maximum atomic E-state index is 11.5. The average molecular weight is 331 g/mol. The van der Waals surface area contributed by atoms with Crippen molar-refractivity contribution in [3.05, 3.63) is 42.1 Å². The zero-order valence-electron chi connectivity index (χ0n) is 12.8. The molecule has 0 radical (unpaired) electrons. The molecule has 6 N–H and O–H groups in total. The summed E-state index contributed by atoms with van der Waals surface area (Å²) in [5, 5.41) is 10.2. The van der Waals surface area contributed by atoms with Crippen LogP contribution in [0.3, 0.4) is 0 Å². The summed E-state index contributed by atoms with van der Waals surface area (Å²) in [6, 6.07) is 5.34. The van der Waals surface area contributed by atoms with E-state index in [0.717, 1.165) is 12.8 Å².